The van der Waals surface area contributed by atoms with Gasteiger partial charge in [0.05, 0.1) is 11.8 Å². The van der Waals surface area contributed by atoms with Crippen molar-refractivity contribution in [1.82, 2.24) is 0 Å². The summed E-state index contributed by atoms with van der Waals surface area (Å²) in [4.78, 5) is 0. The Morgan fingerprint density at radius 3 is 2.56 bits per heavy atom. The van der Waals surface area contributed by atoms with Crippen LogP contribution in [0.15, 0.2) is 24.3 Å². The maximum Gasteiger partial charge on any atom is 0.142 e. The number of hydrogen-bond donors (Lipinski definition) is 1. The van der Waals surface area contributed by atoms with Gasteiger partial charge in [-0.25, -0.2) is 0 Å². The molecule has 0 aromatic heterocycles. The van der Waals surface area contributed by atoms with Gasteiger partial charge in [0, 0.05) is 0 Å². The standard InChI is InChI=1S/C14H21NO/c1-10-7-8-12(9-11(10)2)16-14-6-4-3-5-13(14)15/h3-6,10-12H,7-9,15H2,1-2H3. The van der Waals surface area contributed by atoms with E-state index < -0.39 is 0 Å². The lowest BCUT2D eigenvalue weighted by molar-refractivity contribution is 0.101. The van der Waals surface area contributed by atoms with Gasteiger partial charge in [0.25, 0.3) is 0 Å². The van der Waals surface area contributed by atoms with E-state index in [1.54, 1.807) is 0 Å². The zero-order valence-corrected chi connectivity index (χ0v) is 10.1. The highest BCUT2D eigenvalue weighted by Gasteiger charge is 2.25. The number of benzene rings is 1. The van der Waals surface area contributed by atoms with Gasteiger partial charge in [-0.2, -0.15) is 0 Å². The number of anilines is 1. The average Bonchev–Trinajstić information content (AvgIpc) is 2.27. The van der Waals surface area contributed by atoms with Gasteiger partial charge in [0.1, 0.15) is 5.75 Å². The van der Waals surface area contributed by atoms with Gasteiger partial charge in [0.15, 0.2) is 0 Å². The Bertz CT molecular complexity index is 350. The monoisotopic (exact) mass is 219 g/mol. The molecule has 16 heavy (non-hydrogen) atoms. The summed E-state index contributed by atoms with van der Waals surface area (Å²) >= 11 is 0. The highest BCUT2D eigenvalue weighted by Crippen LogP contribution is 2.33. The first-order valence-electron chi connectivity index (χ1n) is 6.18. The Balaban J connectivity index is 1.98. The molecule has 0 spiro atoms. The molecule has 2 nitrogen and oxygen atoms in total. The predicted molar refractivity (Wildman–Crippen MR) is 67.4 cm³/mol. The van der Waals surface area contributed by atoms with E-state index in [4.69, 9.17) is 10.5 Å². The molecule has 88 valence electrons. The van der Waals surface area contributed by atoms with E-state index in [0.29, 0.717) is 6.10 Å². The van der Waals surface area contributed by atoms with Gasteiger partial charge < -0.3 is 10.5 Å². The molecule has 2 heteroatoms. The topological polar surface area (TPSA) is 35.2 Å². The van der Waals surface area contributed by atoms with Gasteiger partial charge in [-0.15, -0.1) is 0 Å². The predicted octanol–water partition coefficient (Wildman–Crippen LogP) is 3.47. The molecule has 2 N–H and O–H groups in total. The van der Waals surface area contributed by atoms with Crippen molar-refractivity contribution in [3.05, 3.63) is 24.3 Å². The minimum absolute atomic E-state index is 0.343. The largest absolute Gasteiger partial charge is 0.488 e. The molecule has 0 amide bonds. The molecule has 0 bridgehead atoms. The lowest BCUT2D eigenvalue weighted by Crippen LogP contribution is -2.28. The van der Waals surface area contributed by atoms with E-state index in [9.17, 15) is 0 Å². The molecule has 2 rings (SSSR count). The summed E-state index contributed by atoms with van der Waals surface area (Å²) in [6.45, 7) is 4.65. The second-order valence-corrected chi connectivity index (χ2v) is 5.05. The SMILES string of the molecule is CC1CCC(Oc2ccccc2N)CC1C. The molecule has 1 aliphatic rings. The normalized spacial score (nSPS) is 30.0. The van der Waals surface area contributed by atoms with E-state index in [1.807, 2.05) is 24.3 Å². The highest BCUT2D eigenvalue weighted by atomic mass is 16.5. The maximum atomic E-state index is 5.98. The van der Waals surface area contributed by atoms with Crippen molar-refractivity contribution < 1.29 is 4.74 Å². The van der Waals surface area contributed by atoms with E-state index in [0.717, 1.165) is 36.1 Å². The fraction of sp³-hybridized carbons (Fsp3) is 0.571. The molecule has 1 aromatic carbocycles. The van der Waals surface area contributed by atoms with Gasteiger partial charge in [0.2, 0.25) is 0 Å². The van der Waals surface area contributed by atoms with Gasteiger partial charge in [-0.3, -0.25) is 0 Å². The van der Waals surface area contributed by atoms with E-state index in [1.165, 1.54) is 6.42 Å². The molecule has 1 aliphatic carbocycles. The lowest BCUT2D eigenvalue weighted by atomic mass is 9.80. The molecule has 3 unspecified atom stereocenters. The second kappa shape index (κ2) is 4.77. The molecule has 0 heterocycles. The van der Waals surface area contributed by atoms with E-state index >= 15 is 0 Å². The molecule has 0 aliphatic heterocycles. The maximum absolute atomic E-state index is 5.98. The van der Waals surface area contributed by atoms with Gasteiger partial charge in [-0.1, -0.05) is 26.0 Å². The summed E-state index contributed by atoms with van der Waals surface area (Å²) < 4.78 is 5.98. The molecule has 3 atom stereocenters. The molecule has 1 fully saturated rings. The van der Waals surface area contributed by atoms with Crippen molar-refractivity contribution >= 4 is 5.69 Å². The Labute approximate surface area is 97.8 Å². The average molecular weight is 219 g/mol. The number of para-hydroxylation sites is 2. The van der Waals surface area contributed by atoms with Crippen molar-refractivity contribution in [1.29, 1.82) is 0 Å². The molecule has 1 aromatic rings. The molecular weight excluding hydrogens is 198 g/mol. The van der Waals surface area contributed by atoms with Crippen LogP contribution in [0.25, 0.3) is 0 Å². The van der Waals surface area contributed by atoms with Crippen LogP contribution in [0.5, 0.6) is 5.75 Å². The van der Waals surface area contributed by atoms with Crippen LogP contribution in [0, 0.1) is 11.8 Å². The zero-order valence-electron chi connectivity index (χ0n) is 10.1. The van der Waals surface area contributed by atoms with Crippen LogP contribution in [0.3, 0.4) is 0 Å². The molecule has 0 saturated heterocycles. The number of nitrogen functional groups attached to an aromatic ring is 1. The summed E-state index contributed by atoms with van der Waals surface area (Å²) in [7, 11) is 0. The van der Waals surface area contributed by atoms with Crippen LogP contribution >= 0.6 is 0 Å². The molecule has 1 saturated carbocycles. The minimum Gasteiger partial charge on any atom is -0.488 e. The zero-order chi connectivity index (χ0) is 11.5. The first-order chi connectivity index (χ1) is 7.66. The number of ether oxygens (including phenoxy) is 1. The van der Waals surface area contributed by atoms with Gasteiger partial charge in [-0.05, 0) is 43.2 Å². The third-order valence-corrected chi connectivity index (χ3v) is 3.76. The number of hydrogen-bond acceptors (Lipinski definition) is 2. The van der Waals surface area contributed by atoms with Crippen molar-refractivity contribution in [3.8, 4) is 5.75 Å². The Kier molecular flexibility index (Phi) is 3.37. The molecule has 0 radical (unpaired) electrons. The summed E-state index contributed by atoms with van der Waals surface area (Å²) in [6.07, 6.45) is 3.91. The van der Waals surface area contributed by atoms with E-state index in [-0.39, 0.29) is 0 Å². The number of rotatable bonds is 2. The lowest BCUT2D eigenvalue weighted by Gasteiger charge is -2.32. The quantitative estimate of drug-likeness (QED) is 0.773. The minimum atomic E-state index is 0.343. The fourth-order valence-electron chi connectivity index (χ4n) is 2.37. The van der Waals surface area contributed by atoms with Crippen LogP contribution < -0.4 is 10.5 Å². The van der Waals surface area contributed by atoms with Crippen molar-refractivity contribution in [2.75, 3.05) is 5.73 Å². The number of nitrogens with two attached hydrogens (primary N) is 1. The van der Waals surface area contributed by atoms with Crippen LogP contribution in [0.2, 0.25) is 0 Å². The first-order valence-corrected chi connectivity index (χ1v) is 6.18. The third kappa shape index (κ3) is 2.49. The summed E-state index contributed by atoms with van der Waals surface area (Å²) in [5, 5.41) is 0. The third-order valence-electron chi connectivity index (χ3n) is 3.76. The highest BCUT2D eigenvalue weighted by molar-refractivity contribution is 5.51. The van der Waals surface area contributed by atoms with Crippen molar-refractivity contribution in [2.45, 2.75) is 39.2 Å². The Morgan fingerprint density at radius 2 is 1.88 bits per heavy atom. The summed E-state index contributed by atoms with van der Waals surface area (Å²) in [5.41, 5.74) is 6.62. The summed E-state index contributed by atoms with van der Waals surface area (Å²) in [6, 6.07) is 7.76. The summed E-state index contributed by atoms with van der Waals surface area (Å²) in [5.74, 6) is 2.42. The van der Waals surface area contributed by atoms with Crippen LogP contribution in [-0.2, 0) is 0 Å². The Hall–Kier alpha value is -1.18. The van der Waals surface area contributed by atoms with Gasteiger partial charge >= 0.3 is 0 Å². The van der Waals surface area contributed by atoms with Crippen LogP contribution in [0.4, 0.5) is 5.69 Å². The smallest absolute Gasteiger partial charge is 0.142 e. The van der Waals surface area contributed by atoms with Crippen molar-refractivity contribution in [2.24, 2.45) is 11.8 Å². The first kappa shape index (κ1) is 11.3. The van der Waals surface area contributed by atoms with Crippen molar-refractivity contribution in [3.63, 3.8) is 0 Å². The van der Waals surface area contributed by atoms with Crippen LogP contribution in [0.1, 0.15) is 33.1 Å². The van der Waals surface area contributed by atoms with E-state index in [2.05, 4.69) is 13.8 Å². The van der Waals surface area contributed by atoms with Crippen LogP contribution in [-0.4, -0.2) is 6.10 Å². The molecular formula is C14H21NO. The second-order valence-electron chi connectivity index (χ2n) is 5.05. The fourth-order valence-corrected chi connectivity index (χ4v) is 2.37. The Morgan fingerprint density at radius 1 is 1.12 bits per heavy atom.